The summed E-state index contributed by atoms with van der Waals surface area (Å²) in [6.07, 6.45) is -3.53. The van der Waals surface area contributed by atoms with Crippen molar-refractivity contribution < 1.29 is 22.7 Å². The Kier molecular flexibility index (Phi) is 5.78. The second kappa shape index (κ2) is 7.12. The highest BCUT2D eigenvalue weighted by molar-refractivity contribution is 7.99. The van der Waals surface area contributed by atoms with Crippen molar-refractivity contribution in [3.8, 4) is 6.07 Å². The molecule has 21 heavy (non-hydrogen) atoms. The number of nitrogen functional groups attached to an aromatic ring is 1. The first-order valence-electron chi connectivity index (χ1n) is 5.68. The highest BCUT2D eigenvalue weighted by Crippen LogP contribution is 2.30. The maximum Gasteiger partial charge on any atom is 0.405 e. The van der Waals surface area contributed by atoms with Crippen molar-refractivity contribution in [1.29, 1.82) is 5.26 Å². The molecule has 0 bridgehead atoms. The third kappa shape index (κ3) is 4.78. The van der Waals surface area contributed by atoms with Crippen LogP contribution in [0.4, 0.5) is 19.0 Å². The Morgan fingerprint density at radius 3 is 2.76 bits per heavy atom. The Hall–Kier alpha value is -2.02. The summed E-state index contributed by atoms with van der Waals surface area (Å²) in [5.74, 6) is -3.58. The molecule has 2 N–H and O–H groups in total. The standard InChI is InChI=1S/C11H11F3N4O2S/c1-2-20-9(19)7-4-17-10(18-8(7)16)21-5-6(3-15)11(12,13)14/h4,6H,2,5H2,1H3,(H2,16,17,18). The third-order valence-corrected chi connectivity index (χ3v) is 3.18. The number of esters is 1. The number of nitrogens with zero attached hydrogens (tertiary/aromatic N) is 3. The molecule has 10 heteroatoms. The molecular formula is C11H11F3N4O2S. The number of ether oxygens (including phenoxy) is 1. The Bertz CT molecular complexity index is 559. The number of alkyl halides is 3. The molecule has 0 aliphatic heterocycles. The Morgan fingerprint density at radius 2 is 2.29 bits per heavy atom. The summed E-state index contributed by atoms with van der Waals surface area (Å²) in [6.45, 7) is 1.75. The number of carbonyl (C=O) groups excluding carboxylic acids is 1. The van der Waals surface area contributed by atoms with Crippen LogP contribution in [0.25, 0.3) is 0 Å². The van der Waals surface area contributed by atoms with Crippen LogP contribution in [0.1, 0.15) is 17.3 Å². The second-order valence-electron chi connectivity index (χ2n) is 3.71. The molecule has 0 aromatic carbocycles. The summed E-state index contributed by atoms with van der Waals surface area (Å²) in [4.78, 5) is 18.9. The molecular weight excluding hydrogens is 309 g/mol. The van der Waals surface area contributed by atoms with Crippen molar-refractivity contribution in [3.05, 3.63) is 11.8 Å². The van der Waals surface area contributed by atoms with E-state index in [1.807, 2.05) is 0 Å². The Balaban J connectivity index is 2.77. The number of thioether (sulfide) groups is 1. The van der Waals surface area contributed by atoms with E-state index in [1.165, 1.54) is 6.07 Å². The Morgan fingerprint density at radius 1 is 1.62 bits per heavy atom. The highest BCUT2D eigenvalue weighted by atomic mass is 32.2. The molecule has 1 aromatic heterocycles. The van der Waals surface area contributed by atoms with E-state index >= 15 is 0 Å². The zero-order chi connectivity index (χ0) is 16.0. The van der Waals surface area contributed by atoms with Gasteiger partial charge in [0.05, 0.1) is 12.7 Å². The minimum atomic E-state index is -4.61. The van der Waals surface area contributed by atoms with Crippen LogP contribution in [0, 0.1) is 17.2 Å². The monoisotopic (exact) mass is 320 g/mol. The number of anilines is 1. The van der Waals surface area contributed by atoms with Crippen molar-refractivity contribution in [1.82, 2.24) is 9.97 Å². The predicted molar refractivity (Wildman–Crippen MR) is 68.3 cm³/mol. The maximum absolute atomic E-state index is 12.4. The number of carbonyl (C=O) groups is 1. The van der Waals surface area contributed by atoms with Gasteiger partial charge in [-0.1, -0.05) is 11.8 Å². The number of nitriles is 1. The number of hydrogen-bond donors (Lipinski definition) is 1. The van der Waals surface area contributed by atoms with Crippen LogP contribution in [0.15, 0.2) is 11.4 Å². The Labute approximate surface area is 122 Å². The first kappa shape index (κ1) is 17.0. The van der Waals surface area contributed by atoms with Crippen molar-refractivity contribution in [3.63, 3.8) is 0 Å². The van der Waals surface area contributed by atoms with E-state index < -0.39 is 23.8 Å². The van der Waals surface area contributed by atoms with Gasteiger partial charge >= 0.3 is 12.1 Å². The summed E-state index contributed by atoms with van der Waals surface area (Å²) >= 11 is 0.631. The minimum Gasteiger partial charge on any atom is -0.462 e. The number of rotatable bonds is 5. The molecule has 0 aliphatic carbocycles. The lowest BCUT2D eigenvalue weighted by Crippen LogP contribution is -2.23. The molecule has 114 valence electrons. The van der Waals surface area contributed by atoms with Gasteiger partial charge in [0.25, 0.3) is 0 Å². The second-order valence-corrected chi connectivity index (χ2v) is 4.69. The molecule has 1 heterocycles. The number of halogens is 3. The van der Waals surface area contributed by atoms with E-state index in [1.54, 1.807) is 6.92 Å². The van der Waals surface area contributed by atoms with Gasteiger partial charge < -0.3 is 10.5 Å². The van der Waals surface area contributed by atoms with E-state index in [0.29, 0.717) is 11.8 Å². The van der Waals surface area contributed by atoms with Crippen LogP contribution in [0.2, 0.25) is 0 Å². The normalized spacial score (nSPS) is 12.5. The molecule has 0 saturated heterocycles. The number of hydrogen-bond acceptors (Lipinski definition) is 7. The molecule has 0 fully saturated rings. The van der Waals surface area contributed by atoms with Gasteiger partial charge in [-0.2, -0.15) is 18.4 Å². The van der Waals surface area contributed by atoms with Gasteiger partial charge in [0.15, 0.2) is 11.1 Å². The molecule has 1 atom stereocenters. The third-order valence-electron chi connectivity index (χ3n) is 2.22. The SMILES string of the molecule is CCOC(=O)c1cnc(SCC(C#N)C(F)(F)F)nc1N. The van der Waals surface area contributed by atoms with E-state index in [-0.39, 0.29) is 23.1 Å². The van der Waals surface area contributed by atoms with Crippen LogP contribution >= 0.6 is 11.8 Å². The van der Waals surface area contributed by atoms with Crippen LogP contribution < -0.4 is 5.73 Å². The first-order chi connectivity index (χ1) is 9.79. The summed E-state index contributed by atoms with van der Waals surface area (Å²) in [6, 6.07) is 1.17. The van der Waals surface area contributed by atoms with Gasteiger partial charge in [-0.25, -0.2) is 14.8 Å². The molecule has 0 amide bonds. The summed E-state index contributed by atoms with van der Waals surface area (Å²) < 4.78 is 41.9. The summed E-state index contributed by atoms with van der Waals surface area (Å²) in [7, 11) is 0. The maximum atomic E-state index is 12.4. The van der Waals surface area contributed by atoms with E-state index in [9.17, 15) is 18.0 Å². The largest absolute Gasteiger partial charge is 0.462 e. The number of aromatic nitrogens is 2. The molecule has 1 unspecified atom stereocenters. The summed E-state index contributed by atoms with van der Waals surface area (Å²) in [5.41, 5.74) is 5.46. The van der Waals surface area contributed by atoms with Crippen molar-refractivity contribution >= 4 is 23.5 Å². The van der Waals surface area contributed by atoms with Crippen molar-refractivity contribution in [2.75, 3.05) is 18.1 Å². The van der Waals surface area contributed by atoms with E-state index in [4.69, 9.17) is 15.7 Å². The van der Waals surface area contributed by atoms with Gasteiger partial charge in [0.1, 0.15) is 11.4 Å². The van der Waals surface area contributed by atoms with Crippen LogP contribution in [-0.4, -0.2) is 34.5 Å². The molecule has 0 radical (unpaired) electrons. The predicted octanol–water partition coefficient (Wildman–Crippen LogP) is 2.03. The quantitative estimate of drug-likeness (QED) is 0.503. The molecule has 0 aliphatic rings. The highest BCUT2D eigenvalue weighted by Gasteiger charge is 2.39. The van der Waals surface area contributed by atoms with Gasteiger partial charge in [-0.05, 0) is 6.92 Å². The molecule has 1 aromatic rings. The molecule has 0 saturated carbocycles. The minimum absolute atomic E-state index is 0.0509. The fourth-order valence-corrected chi connectivity index (χ4v) is 2.05. The van der Waals surface area contributed by atoms with Crippen molar-refractivity contribution in [2.24, 2.45) is 5.92 Å². The fraction of sp³-hybridized carbons (Fsp3) is 0.455. The van der Waals surface area contributed by atoms with E-state index in [0.717, 1.165) is 6.20 Å². The van der Waals surface area contributed by atoms with Crippen LogP contribution in [-0.2, 0) is 4.74 Å². The van der Waals surface area contributed by atoms with E-state index in [2.05, 4.69) is 9.97 Å². The van der Waals surface area contributed by atoms with Gasteiger partial charge in [-0.15, -0.1) is 0 Å². The smallest absolute Gasteiger partial charge is 0.405 e. The topological polar surface area (TPSA) is 102 Å². The zero-order valence-electron chi connectivity index (χ0n) is 10.8. The molecule has 1 rings (SSSR count). The lowest BCUT2D eigenvalue weighted by molar-refractivity contribution is -0.152. The van der Waals surface area contributed by atoms with Crippen LogP contribution in [0.5, 0.6) is 0 Å². The zero-order valence-corrected chi connectivity index (χ0v) is 11.7. The van der Waals surface area contributed by atoms with Crippen LogP contribution in [0.3, 0.4) is 0 Å². The number of nitrogens with two attached hydrogens (primary N) is 1. The first-order valence-corrected chi connectivity index (χ1v) is 6.66. The lowest BCUT2D eigenvalue weighted by Gasteiger charge is -2.12. The summed E-state index contributed by atoms with van der Waals surface area (Å²) in [5, 5.41) is 8.41. The lowest BCUT2D eigenvalue weighted by atomic mass is 10.2. The van der Waals surface area contributed by atoms with Gasteiger partial charge in [-0.3, -0.25) is 0 Å². The van der Waals surface area contributed by atoms with Gasteiger partial charge in [0.2, 0.25) is 0 Å². The molecule has 0 spiro atoms. The van der Waals surface area contributed by atoms with Crippen molar-refractivity contribution in [2.45, 2.75) is 18.3 Å². The average Bonchev–Trinajstić information content (AvgIpc) is 2.38. The fourth-order valence-electron chi connectivity index (χ4n) is 1.18. The average molecular weight is 320 g/mol. The van der Waals surface area contributed by atoms with Gasteiger partial charge in [0, 0.05) is 11.9 Å². The molecule has 6 nitrogen and oxygen atoms in total.